The molecule has 6 nitrogen and oxygen atoms in total. The number of rotatable bonds is 5. The molecule has 1 aliphatic heterocycles. The molecule has 1 saturated heterocycles. The van der Waals surface area contributed by atoms with Crippen LogP contribution >= 0.6 is 11.6 Å². The summed E-state index contributed by atoms with van der Waals surface area (Å²) < 4.78 is 79.2. The van der Waals surface area contributed by atoms with E-state index >= 15 is 0 Å². The third kappa shape index (κ3) is 7.03. The molecule has 1 fully saturated rings. The number of halogens is 7. The normalized spacial score (nSPS) is 17.9. The fraction of sp³-hybridized carbons (Fsp3) is 0.200. The van der Waals surface area contributed by atoms with Crippen LogP contribution < -0.4 is 21.5 Å². The predicted molar refractivity (Wildman–Crippen MR) is 128 cm³/mol. The standard InChI is InChI=1S/C25H20ClF6N5O/c26-20-10-17(27)6-3-14(20)12-33-24(35-23(38)13-1-4-16(5-2-13)25(30,31)32)34-22-11-21(36-37-22)15-7-18(28)9-19(29)8-15/h1-10,21-22,36-37H,11-12H2,(H2,33,34,35,38). The van der Waals surface area contributed by atoms with Gasteiger partial charge in [-0.1, -0.05) is 17.7 Å². The molecule has 38 heavy (non-hydrogen) atoms. The molecule has 0 aliphatic carbocycles. The quantitative estimate of drug-likeness (QED) is 0.197. The van der Waals surface area contributed by atoms with Gasteiger partial charge in [-0.3, -0.25) is 4.79 Å². The lowest BCUT2D eigenvalue weighted by atomic mass is 10.0. The van der Waals surface area contributed by atoms with Crippen molar-refractivity contribution in [1.29, 1.82) is 0 Å². The van der Waals surface area contributed by atoms with Crippen molar-refractivity contribution in [3.63, 3.8) is 0 Å². The fourth-order valence-electron chi connectivity index (χ4n) is 3.75. The van der Waals surface area contributed by atoms with E-state index < -0.39 is 47.3 Å². The number of carbonyl (C=O) groups is 1. The zero-order valence-electron chi connectivity index (χ0n) is 19.3. The first kappa shape index (κ1) is 27.4. The van der Waals surface area contributed by atoms with Gasteiger partial charge < -0.3 is 10.6 Å². The maximum atomic E-state index is 13.6. The van der Waals surface area contributed by atoms with E-state index in [-0.39, 0.29) is 29.5 Å². The van der Waals surface area contributed by atoms with Crippen LogP contribution in [0.4, 0.5) is 26.3 Å². The van der Waals surface area contributed by atoms with Crippen LogP contribution in [0.25, 0.3) is 0 Å². The zero-order valence-corrected chi connectivity index (χ0v) is 20.1. The van der Waals surface area contributed by atoms with Gasteiger partial charge in [-0.15, -0.1) is 0 Å². The van der Waals surface area contributed by atoms with Crippen molar-refractivity contribution in [2.45, 2.75) is 31.3 Å². The third-order valence-corrected chi connectivity index (χ3v) is 5.99. The first-order chi connectivity index (χ1) is 18.0. The van der Waals surface area contributed by atoms with Crippen molar-refractivity contribution < 1.29 is 31.1 Å². The number of hydrazine groups is 1. The molecule has 0 radical (unpaired) electrons. The van der Waals surface area contributed by atoms with E-state index in [2.05, 4.69) is 26.5 Å². The Labute approximate surface area is 218 Å². The van der Waals surface area contributed by atoms with Crippen LogP contribution in [0.2, 0.25) is 5.02 Å². The number of hydrogen-bond acceptors (Lipinski definition) is 3. The summed E-state index contributed by atoms with van der Waals surface area (Å²) in [5.41, 5.74) is 5.61. The van der Waals surface area contributed by atoms with Crippen molar-refractivity contribution >= 4 is 23.5 Å². The van der Waals surface area contributed by atoms with Crippen LogP contribution in [0.15, 0.2) is 65.7 Å². The average molecular weight is 556 g/mol. The predicted octanol–water partition coefficient (Wildman–Crippen LogP) is 5.22. The van der Waals surface area contributed by atoms with Gasteiger partial charge in [0.1, 0.15) is 17.5 Å². The van der Waals surface area contributed by atoms with Crippen molar-refractivity contribution in [2.24, 2.45) is 4.99 Å². The smallest absolute Gasteiger partial charge is 0.352 e. The Kier molecular flexibility index (Phi) is 8.24. The number of benzene rings is 3. The van der Waals surface area contributed by atoms with Gasteiger partial charge in [-0.05, 0) is 59.7 Å². The summed E-state index contributed by atoms with van der Waals surface area (Å²) in [5, 5.41) is 5.94. The molecule has 2 atom stereocenters. The average Bonchev–Trinajstić information content (AvgIpc) is 3.31. The summed E-state index contributed by atoms with van der Waals surface area (Å²) in [6.07, 6.45) is -4.87. The molecule has 13 heteroatoms. The molecule has 0 spiro atoms. The second-order valence-electron chi connectivity index (χ2n) is 8.41. The largest absolute Gasteiger partial charge is 0.416 e. The minimum absolute atomic E-state index is 0.0178. The molecule has 4 rings (SSSR count). The maximum absolute atomic E-state index is 13.6. The second kappa shape index (κ2) is 11.4. The summed E-state index contributed by atoms with van der Waals surface area (Å²) in [7, 11) is 0. The number of nitrogens with zero attached hydrogens (tertiary/aromatic N) is 1. The molecule has 1 aliphatic rings. The summed E-state index contributed by atoms with van der Waals surface area (Å²) in [4.78, 5) is 16.7. The Balaban J connectivity index is 1.52. The van der Waals surface area contributed by atoms with Crippen LogP contribution in [0, 0.1) is 17.5 Å². The summed E-state index contributed by atoms with van der Waals surface area (Å²) >= 11 is 6.07. The Bertz CT molecular complexity index is 1330. The summed E-state index contributed by atoms with van der Waals surface area (Å²) in [6.45, 7) is 0.0178. The van der Waals surface area contributed by atoms with Crippen molar-refractivity contribution in [2.75, 3.05) is 0 Å². The molecular formula is C25H20ClF6N5O. The molecule has 2 unspecified atom stereocenters. The minimum Gasteiger partial charge on any atom is -0.352 e. The second-order valence-corrected chi connectivity index (χ2v) is 8.81. The first-order valence-corrected chi connectivity index (χ1v) is 11.6. The lowest BCUT2D eigenvalue weighted by Gasteiger charge is -2.17. The monoisotopic (exact) mass is 555 g/mol. The van der Waals surface area contributed by atoms with Gasteiger partial charge in [0, 0.05) is 35.7 Å². The summed E-state index contributed by atoms with van der Waals surface area (Å²) in [5.74, 6) is -2.92. The number of nitrogens with one attached hydrogen (secondary N) is 4. The molecule has 4 N–H and O–H groups in total. The Morgan fingerprint density at radius 3 is 2.26 bits per heavy atom. The van der Waals surface area contributed by atoms with E-state index in [1.54, 1.807) is 0 Å². The first-order valence-electron chi connectivity index (χ1n) is 11.2. The number of hydrogen-bond donors (Lipinski definition) is 4. The molecule has 1 heterocycles. The van der Waals surface area contributed by atoms with Gasteiger partial charge in [0.05, 0.1) is 11.7 Å². The number of aliphatic imine (C=N–C) groups is 1. The molecular weight excluding hydrogens is 536 g/mol. The van der Waals surface area contributed by atoms with Crippen LogP contribution in [-0.4, -0.2) is 18.0 Å². The lowest BCUT2D eigenvalue weighted by molar-refractivity contribution is -0.137. The van der Waals surface area contributed by atoms with E-state index in [1.165, 1.54) is 24.3 Å². The number of guanidine groups is 1. The molecule has 200 valence electrons. The molecule has 0 saturated carbocycles. The van der Waals surface area contributed by atoms with E-state index in [0.29, 0.717) is 11.1 Å². The van der Waals surface area contributed by atoms with Gasteiger partial charge in [0.15, 0.2) is 0 Å². The highest BCUT2D eigenvalue weighted by atomic mass is 35.5. The minimum atomic E-state index is -4.56. The van der Waals surface area contributed by atoms with Crippen molar-refractivity contribution in [3.8, 4) is 0 Å². The topological polar surface area (TPSA) is 77.5 Å². The highest BCUT2D eigenvalue weighted by molar-refractivity contribution is 6.31. The highest BCUT2D eigenvalue weighted by Gasteiger charge is 2.30. The van der Waals surface area contributed by atoms with Gasteiger partial charge in [0.2, 0.25) is 5.96 Å². The number of alkyl halides is 3. The van der Waals surface area contributed by atoms with E-state index in [1.807, 2.05) is 0 Å². The Morgan fingerprint density at radius 2 is 1.63 bits per heavy atom. The van der Waals surface area contributed by atoms with E-state index in [4.69, 9.17) is 11.6 Å². The van der Waals surface area contributed by atoms with Gasteiger partial charge in [0.25, 0.3) is 5.91 Å². The van der Waals surface area contributed by atoms with Crippen LogP contribution in [0.1, 0.15) is 39.5 Å². The SMILES string of the molecule is O=C(/N=C(/NCc1ccc(F)cc1Cl)NC1CC(c2cc(F)cc(F)c2)NN1)c1ccc(C(F)(F)F)cc1. The molecule has 1 amide bonds. The van der Waals surface area contributed by atoms with Gasteiger partial charge in [-0.2, -0.15) is 18.2 Å². The molecule has 0 bridgehead atoms. The maximum Gasteiger partial charge on any atom is 0.416 e. The highest BCUT2D eigenvalue weighted by Crippen LogP contribution is 2.29. The fourth-order valence-corrected chi connectivity index (χ4v) is 3.98. The van der Waals surface area contributed by atoms with Crippen molar-refractivity contribution in [1.82, 2.24) is 21.5 Å². The number of amides is 1. The zero-order chi connectivity index (χ0) is 27.4. The van der Waals surface area contributed by atoms with Crippen LogP contribution in [-0.2, 0) is 12.7 Å². The molecule has 3 aromatic rings. The Morgan fingerprint density at radius 1 is 0.947 bits per heavy atom. The van der Waals surface area contributed by atoms with Gasteiger partial charge in [-0.25, -0.2) is 24.0 Å². The molecule has 0 aromatic heterocycles. The van der Waals surface area contributed by atoms with E-state index in [0.717, 1.165) is 36.4 Å². The third-order valence-electron chi connectivity index (χ3n) is 5.64. The summed E-state index contributed by atoms with van der Waals surface area (Å²) in [6, 6.07) is 9.93. The van der Waals surface area contributed by atoms with Crippen LogP contribution in [0.5, 0.6) is 0 Å². The molecule has 3 aromatic carbocycles. The lowest BCUT2D eigenvalue weighted by Crippen LogP contribution is -2.49. The van der Waals surface area contributed by atoms with Gasteiger partial charge >= 0.3 is 6.18 Å². The Hall–Kier alpha value is -3.61. The van der Waals surface area contributed by atoms with Crippen molar-refractivity contribution in [3.05, 3.63) is 105 Å². The van der Waals surface area contributed by atoms with E-state index in [9.17, 15) is 31.1 Å². The number of carbonyl (C=O) groups excluding carboxylic acids is 1. The van der Waals surface area contributed by atoms with Crippen LogP contribution in [0.3, 0.4) is 0 Å².